The molecule has 1 unspecified atom stereocenters. The van der Waals surface area contributed by atoms with E-state index in [0.29, 0.717) is 5.92 Å². The van der Waals surface area contributed by atoms with Crippen LogP contribution in [0.4, 0.5) is 0 Å². The van der Waals surface area contributed by atoms with E-state index in [0.717, 1.165) is 31.7 Å². The first-order chi connectivity index (χ1) is 8.79. The quantitative estimate of drug-likeness (QED) is 0.669. The highest BCUT2D eigenvalue weighted by Gasteiger charge is 2.08. The van der Waals surface area contributed by atoms with Crippen LogP contribution in [-0.4, -0.2) is 20.2 Å². The Morgan fingerprint density at radius 1 is 1.17 bits per heavy atom. The van der Waals surface area contributed by atoms with Crippen molar-refractivity contribution >= 4 is 0 Å². The molecule has 0 aliphatic heterocycles. The number of para-hydroxylation sites is 1. The minimum Gasteiger partial charge on any atom is -0.493 e. The van der Waals surface area contributed by atoms with Crippen molar-refractivity contribution in [2.75, 3.05) is 20.2 Å². The number of nitrogens with one attached hydrogen (secondary N) is 1. The van der Waals surface area contributed by atoms with E-state index in [1.54, 1.807) is 0 Å². The molecule has 2 nitrogen and oxygen atoms in total. The Morgan fingerprint density at radius 2 is 1.94 bits per heavy atom. The van der Waals surface area contributed by atoms with E-state index >= 15 is 0 Å². The van der Waals surface area contributed by atoms with Gasteiger partial charge in [-0.15, -0.1) is 0 Å². The average molecular weight is 249 g/mol. The Labute approximate surface area is 112 Å². The molecule has 0 bridgehead atoms. The highest BCUT2D eigenvalue weighted by Crippen LogP contribution is 2.28. The van der Waals surface area contributed by atoms with Gasteiger partial charge in [-0.1, -0.05) is 32.0 Å². The molecule has 0 spiro atoms. The molecule has 1 aromatic carbocycles. The Bertz CT molecular complexity index is 325. The third-order valence-electron chi connectivity index (χ3n) is 3.39. The number of unbranched alkanes of at least 4 members (excludes halogenated alkanes) is 2. The van der Waals surface area contributed by atoms with Crippen molar-refractivity contribution in [3.05, 3.63) is 29.8 Å². The molecule has 1 N–H and O–H groups in total. The Morgan fingerprint density at radius 3 is 2.67 bits per heavy atom. The summed E-state index contributed by atoms with van der Waals surface area (Å²) >= 11 is 0. The van der Waals surface area contributed by atoms with E-state index in [9.17, 15) is 0 Å². The SMILES string of the molecule is CCC(C)c1ccccc1OCCCCCNC. The highest BCUT2D eigenvalue weighted by molar-refractivity contribution is 5.35. The van der Waals surface area contributed by atoms with Crippen LogP contribution in [0.1, 0.15) is 51.0 Å². The normalized spacial score (nSPS) is 12.4. The largest absolute Gasteiger partial charge is 0.493 e. The zero-order valence-corrected chi connectivity index (χ0v) is 12.0. The fourth-order valence-corrected chi connectivity index (χ4v) is 2.00. The van der Waals surface area contributed by atoms with Crippen molar-refractivity contribution in [3.8, 4) is 5.75 Å². The fraction of sp³-hybridized carbons (Fsp3) is 0.625. The lowest BCUT2D eigenvalue weighted by Crippen LogP contribution is -2.08. The average Bonchev–Trinajstić information content (AvgIpc) is 2.42. The van der Waals surface area contributed by atoms with Crippen molar-refractivity contribution in [2.45, 2.75) is 45.4 Å². The zero-order valence-electron chi connectivity index (χ0n) is 12.0. The third-order valence-corrected chi connectivity index (χ3v) is 3.39. The van der Waals surface area contributed by atoms with Crippen molar-refractivity contribution < 1.29 is 4.74 Å². The van der Waals surface area contributed by atoms with Crippen LogP contribution in [0.2, 0.25) is 0 Å². The van der Waals surface area contributed by atoms with Crippen molar-refractivity contribution in [1.29, 1.82) is 0 Å². The van der Waals surface area contributed by atoms with Gasteiger partial charge in [0.05, 0.1) is 6.61 Å². The molecule has 0 aromatic heterocycles. The van der Waals surface area contributed by atoms with Crippen LogP contribution in [0.5, 0.6) is 5.75 Å². The number of ether oxygens (including phenoxy) is 1. The van der Waals surface area contributed by atoms with Crippen LogP contribution in [-0.2, 0) is 0 Å². The van der Waals surface area contributed by atoms with E-state index in [1.165, 1.54) is 18.4 Å². The van der Waals surface area contributed by atoms with E-state index in [-0.39, 0.29) is 0 Å². The van der Waals surface area contributed by atoms with Crippen molar-refractivity contribution in [3.63, 3.8) is 0 Å². The van der Waals surface area contributed by atoms with Gasteiger partial charge in [0.1, 0.15) is 5.75 Å². The summed E-state index contributed by atoms with van der Waals surface area (Å²) in [5.74, 6) is 1.64. The summed E-state index contributed by atoms with van der Waals surface area (Å²) < 4.78 is 5.92. The number of hydrogen-bond acceptors (Lipinski definition) is 2. The van der Waals surface area contributed by atoms with Crippen LogP contribution in [0, 0.1) is 0 Å². The monoisotopic (exact) mass is 249 g/mol. The first-order valence-corrected chi connectivity index (χ1v) is 7.16. The summed E-state index contributed by atoms with van der Waals surface area (Å²) in [6.07, 6.45) is 4.75. The number of rotatable bonds is 9. The predicted molar refractivity (Wildman–Crippen MR) is 78.4 cm³/mol. The van der Waals surface area contributed by atoms with Gasteiger partial charge in [-0.05, 0) is 56.8 Å². The summed E-state index contributed by atoms with van der Waals surface area (Å²) in [4.78, 5) is 0. The summed E-state index contributed by atoms with van der Waals surface area (Å²) in [6.45, 7) is 6.41. The first kappa shape index (κ1) is 15.0. The molecule has 102 valence electrons. The minimum absolute atomic E-state index is 0.575. The topological polar surface area (TPSA) is 21.3 Å². The third kappa shape index (κ3) is 5.09. The van der Waals surface area contributed by atoms with E-state index in [2.05, 4.69) is 43.4 Å². The first-order valence-electron chi connectivity index (χ1n) is 7.16. The molecule has 0 radical (unpaired) electrons. The molecule has 1 atom stereocenters. The molecule has 0 aliphatic carbocycles. The summed E-state index contributed by atoms with van der Waals surface area (Å²) in [5, 5.41) is 3.17. The maximum absolute atomic E-state index is 5.92. The summed E-state index contributed by atoms with van der Waals surface area (Å²) in [7, 11) is 2.00. The van der Waals surface area contributed by atoms with Gasteiger partial charge in [-0.3, -0.25) is 0 Å². The fourth-order valence-electron chi connectivity index (χ4n) is 2.00. The maximum atomic E-state index is 5.92. The molecule has 0 saturated heterocycles. The van der Waals surface area contributed by atoms with Gasteiger partial charge >= 0.3 is 0 Å². The molecule has 0 aliphatic rings. The lowest BCUT2D eigenvalue weighted by Gasteiger charge is -2.15. The minimum atomic E-state index is 0.575. The van der Waals surface area contributed by atoms with Crippen LogP contribution < -0.4 is 10.1 Å². The van der Waals surface area contributed by atoms with Crippen molar-refractivity contribution in [2.24, 2.45) is 0 Å². The van der Waals surface area contributed by atoms with Gasteiger partial charge in [-0.2, -0.15) is 0 Å². The second kappa shape index (κ2) is 8.98. The molecular formula is C16H27NO. The lowest BCUT2D eigenvalue weighted by molar-refractivity contribution is 0.300. The standard InChI is InChI=1S/C16H27NO/c1-4-14(2)15-10-6-7-11-16(15)18-13-9-5-8-12-17-3/h6-7,10-11,14,17H,4-5,8-9,12-13H2,1-3H3. The van der Waals surface area contributed by atoms with Gasteiger partial charge in [0.15, 0.2) is 0 Å². The van der Waals surface area contributed by atoms with Crippen LogP contribution in [0.25, 0.3) is 0 Å². The maximum Gasteiger partial charge on any atom is 0.122 e. The Balaban J connectivity index is 2.37. The number of hydrogen-bond donors (Lipinski definition) is 1. The second-order valence-corrected chi connectivity index (χ2v) is 4.86. The Kier molecular flexibility index (Phi) is 7.51. The van der Waals surface area contributed by atoms with Crippen LogP contribution >= 0.6 is 0 Å². The van der Waals surface area contributed by atoms with Gasteiger partial charge in [0, 0.05) is 0 Å². The van der Waals surface area contributed by atoms with Crippen LogP contribution in [0.15, 0.2) is 24.3 Å². The molecule has 0 amide bonds. The Hall–Kier alpha value is -1.02. The molecule has 0 fully saturated rings. The molecule has 18 heavy (non-hydrogen) atoms. The number of benzene rings is 1. The van der Waals surface area contributed by atoms with Gasteiger partial charge in [0.25, 0.3) is 0 Å². The van der Waals surface area contributed by atoms with Gasteiger partial charge in [-0.25, -0.2) is 0 Å². The summed E-state index contributed by atoms with van der Waals surface area (Å²) in [6, 6.07) is 8.43. The highest BCUT2D eigenvalue weighted by atomic mass is 16.5. The molecule has 1 aromatic rings. The second-order valence-electron chi connectivity index (χ2n) is 4.86. The smallest absolute Gasteiger partial charge is 0.122 e. The van der Waals surface area contributed by atoms with Crippen molar-refractivity contribution in [1.82, 2.24) is 5.32 Å². The van der Waals surface area contributed by atoms with Gasteiger partial charge in [0.2, 0.25) is 0 Å². The molecule has 0 heterocycles. The summed E-state index contributed by atoms with van der Waals surface area (Å²) in [5.41, 5.74) is 1.34. The molecular weight excluding hydrogens is 222 g/mol. The predicted octanol–water partition coefficient (Wildman–Crippen LogP) is 3.97. The van der Waals surface area contributed by atoms with E-state index < -0.39 is 0 Å². The van der Waals surface area contributed by atoms with Crippen LogP contribution in [0.3, 0.4) is 0 Å². The van der Waals surface area contributed by atoms with E-state index in [4.69, 9.17) is 4.74 Å². The molecule has 0 saturated carbocycles. The zero-order chi connectivity index (χ0) is 13.2. The molecule has 2 heteroatoms. The van der Waals surface area contributed by atoms with Gasteiger partial charge < -0.3 is 10.1 Å². The van der Waals surface area contributed by atoms with E-state index in [1.807, 2.05) is 7.05 Å². The lowest BCUT2D eigenvalue weighted by atomic mass is 9.98. The molecule has 1 rings (SSSR count).